The van der Waals surface area contributed by atoms with Crippen molar-refractivity contribution in [1.29, 1.82) is 10.8 Å². The minimum Gasteiger partial charge on any atom is -0.508 e. The standard InChI is InChI=1S/C71H129N23O14/c1-39(2)35-51(57(77)97)89-65(105)54(38-43-24-26-44(95)27-25-43)92-62(102)47(21-12-15-31-73)85-60(100)48(22-13-16-32-74)88-67(107)56(42(7)8)93-68(108)71(9,10)94-66(106)53(37-41(5)6)91-63(103)50(28-29-55(76)96)87-59(99)46(20-11-14-30-72)84-61(101)49(23-18-34-83-70(80)81)86-64(104)52(36-40(3)4)90-58(98)45(75)19-17-33-82-69(78)79/h24-27,39-42,45-54,56,95H,11-23,28-38,72-75H2,1-10H3,(H2,76,96)(H2,77,97)(H,84,101)(H,85,100)(H,86,104)(H,87,99)(H,88,107)(H,89,105)(H,90,98)(H,91,103)(H,92,102)(H,93,108)(H,94,106)(H4,78,79,82)(H4,80,81,83)/t45-,46-,47-,48-,49-,50-,51-,52-,53-,54-,56-/m0/s1. The Labute approximate surface area is 634 Å². The van der Waals surface area contributed by atoms with E-state index in [1.165, 1.54) is 26.0 Å². The van der Waals surface area contributed by atoms with E-state index in [0.717, 1.165) is 0 Å². The molecule has 0 fully saturated rings. The number of unbranched alkanes of at least 4 members (excludes halogenated alkanes) is 3. The lowest BCUT2D eigenvalue weighted by Crippen LogP contribution is -2.64. The maximum atomic E-state index is 14.5. The van der Waals surface area contributed by atoms with E-state index in [2.05, 4.69) is 69.1 Å². The molecule has 1 rings (SSSR count). The summed E-state index contributed by atoms with van der Waals surface area (Å²) in [4.78, 5) is 182. The molecule has 0 aliphatic rings. The maximum absolute atomic E-state index is 14.5. The van der Waals surface area contributed by atoms with Crippen molar-refractivity contribution in [3.63, 3.8) is 0 Å². The summed E-state index contributed by atoms with van der Waals surface area (Å²) in [6, 6.07) is -8.52. The van der Waals surface area contributed by atoms with Gasteiger partial charge in [-0.05, 0) is 184 Å². The molecule has 0 heterocycles. The number of hydrogen-bond donors (Lipinski definition) is 24. The molecule has 32 N–H and O–H groups in total. The normalized spacial score (nSPS) is 14.5. The molecule has 0 aromatic heterocycles. The molecule has 0 aliphatic carbocycles. The highest BCUT2D eigenvalue weighted by Gasteiger charge is 2.40. The molecule has 612 valence electrons. The second kappa shape index (κ2) is 51.0. The molecule has 13 amide bonds. The molecule has 0 saturated heterocycles. The van der Waals surface area contributed by atoms with Gasteiger partial charge in [-0.25, -0.2) is 0 Å². The van der Waals surface area contributed by atoms with Gasteiger partial charge in [0.1, 0.15) is 71.7 Å². The van der Waals surface area contributed by atoms with Crippen LogP contribution in [0.4, 0.5) is 0 Å². The number of rotatable bonds is 55. The van der Waals surface area contributed by atoms with Gasteiger partial charge in [0.05, 0.1) is 6.04 Å². The predicted molar refractivity (Wildman–Crippen MR) is 409 cm³/mol. The third-order valence-electron chi connectivity index (χ3n) is 17.3. The number of primary amides is 2. The number of hydrogen-bond acceptors (Lipinski definition) is 20. The second-order valence-electron chi connectivity index (χ2n) is 29.5. The van der Waals surface area contributed by atoms with E-state index in [4.69, 9.17) is 56.7 Å². The number of nitrogens with one attached hydrogen (secondary N) is 15. The average Bonchev–Trinajstić information content (AvgIpc) is 0.834. The zero-order chi connectivity index (χ0) is 82.0. The molecule has 108 heavy (non-hydrogen) atoms. The summed E-state index contributed by atoms with van der Waals surface area (Å²) in [7, 11) is 0. The van der Waals surface area contributed by atoms with Crippen molar-refractivity contribution in [2.75, 3.05) is 32.7 Å². The molecular weight excluding hydrogens is 1400 g/mol. The summed E-state index contributed by atoms with van der Waals surface area (Å²) in [6.07, 6.45) is 2.14. The molecule has 11 atom stereocenters. The van der Waals surface area contributed by atoms with E-state index in [1.54, 1.807) is 39.8 Å². The zero-order valence-electron chi connectivity index (χ0n) is 64.8. The van der Waals surface area contributed by atoms with Crippen molar-refractivity contribution < 1.29 is 67.4 Å². The highest BCUT2D eigenvalue weighted by Crippen LogP contribution is 2.18. The second-order valence-corrected chi connectivity index (χ2v) is 29.5. The Hall–Kier alpha value is -9.49. The predicted octanol–water partition coefficient (Wildman–Crippen LogP) is -3.54. The van der Waals surface area contributed by atoms with Crippen LogP contribution in [0.1, 0.15) is 190 Å². The molecule has 37 heteroatoms. The number of phenolic OH excluding ortho intramolecular Hbond substituents is 1. The van der Waals surface area contributed by atoms with Gasteiger partial charge >= 0.3 is 0 Å². The Morgan fingerprint density at radius 1 is 0.407 bits per heavy atom. The summed E-state index contributed by atoms with van der Waals surface area (Å²) in [6.45, 7) is 17.8. The van der Waals surface area contributed by atoms with E-state index in [-0.39, 0.29) is 139 Å². The van der Waals surface area contributed by atoms with E-state index < -0.39 is 168 Å². The summed E-state index contributed by atoms with van der Waals surface area (Å²) >= 11 is 0. The van der Waals surface area contributed by atoms with Gasteiger partial charge < -0.3 is 120 Å². The summed E-state index contributed by atoms with van der Waals surface area (Å²) < 4.78 is 0. The first kappa shape index (κ1) is 96.5. The average molecular weight is 1530 g/mol. The van der Waals surface area contributed by atoms with Gasteiger partial charge in [0, 0.05) is 25.9 Å². The van der Waals surface area contributed by atoms with Gasteiger partial charge in [-0.1, -0.05) is 67.5 Å². The molecule has 1 aromatic rings. The summed E-state index contributed by atoms with van der Waals surface area (Å²) in [5, 5.41) is 59.7. The van der Waals surface area contributed by atoms with E-state index in [0.29, 0.717) is 44.1 Å². The number of phenols is 1. The molecular formula is C71H129N23O14. The van der Waals surface area contributed by atoms with Crippen molar-refractivity contribution >= 4 is 88.7 Å². The number of aromatic hydroxyl groups is 1. The third kappa shape index (κ3) is 39.4. The van der Waals surface area contributed by atoms with Crippen LogP contribution in [0.5, 0.6) is 5.75 Å². The molecule has 0 saturated carbocycles. The van der Waals surface area contributed by atoms with Crippen LogP contribution in [-0.4, -0.2) is 199 Å². The lowest BCUT2D eigenvalue weighted by atomic mass is 9.97. The maximum Gasteiger partial charge on any atom is 0.245 e. The Morgan fingerprint density at radius 3 is 1.13 bits per heavy atom. The van der Waals surface area contributed by atoms with Crippen LogP contribution in [0.15, 0.2) is 24.3 Å². The number of guanidine groups is 2. The van der Waals surface area contributed by atoms with Crippen LogP contribution in [-0.2, 0) is 68.7 Å². The van der Waals surface area contributed by atoms with Crippen molar-refractivity contribution in [3.05, 3.63) is 29.8 Å². The Morgan fingerprint density at radius 2 is 0.741 bits per heavy atom. The fourth-order valence-electron chi connectivity index (χ4n) is 11.3. The smallest absolute Gasteiger partial charge is 0.245 e. The highest BCUT2D eigenvalue weighted by molar-refractivity contribution is 6.00. The SMILES string of the molecule is CC(C)C[C@H](NC(=O)[C@H](Cc1ccc(O)cc1)NC(=O)[C@H](CCCCN)NC(=O)[C@H](CCCCN)NC(=O)[C@@H](NC(=O)C(C)(C)NC(=O)[C@H](CC(C)C)NC(=O)[C@H](CCC(N)=O)NC(=O)[C@H](CCCCN)NC(=O)[C@H](CCCNC(=N)N)NC(=O)[C@H](CC(C)C)NC(=O)[C@@H](N)CCCNC(=N)N)C(C)C)C(N)=O. The molecule has 1 aromatic carbocycles. The fourth-order valence-corrected chi connectivity index (χ4v) is 11.3. The van der Waals surface area contributed by atoms with E-state index in [9.17, 15) is 67.4 Å². The first-order valence-corrected chi connectivity index (χ1v) is 37.4. The van der Waals surface area contributed by atoms with Crippen LogP contribution in [0.3, 0.4) is 0 Å². The lowest BCUT2D eigenvalue weighted by molar-refractivity contribution is -0.138. The molecule has 0 spiro atoms. The number of amides is 13. The number of carbonyl (C=O) groups excluding carboxylic acids is 13. The molecule has 0 radical (unpaired) electrons. The molecule has 0 unspecified atom stereocenters. The first-order chi connectivity index (χ1) is 50.7. The summed E-state index contributed by atoms with van der Waals surface area (Å²) in [5.41, 5.74) is 44.4. The van der Waals surface area contributed by atoms with Crippen molar-refractivity contribution in [3.8, 4) is 5.75 Å². The molecule has 0 aliphatic heterocycles. The quantitative estimate of drug-likeness (QED) is 0.0171. The van der Waals surface area contributed by atoms with Gasteiger partial charge in [-0.2, -0.15) is 0 Å². The minimum atomic E-state index is -1.85. The monoisotopic (exact) mass is 1530 g/mol. The third-order valence-corrected chi connectivity index (χ3v) is 17.3. The van der Waals surface area contributed by atoms with Crippen molar-refractivity contribution in [1.82, 2.24) is 69.1 Å². The Balaban J connectivity index is 3.65. The molecule has 0 bridgehead atoms. The van der Waals surface area contributed by atoms with Crippen molar-refractivity contribution in [2.45, 2.75) is 263 Å². The largest absolute Gasteiger partial charge is 0.508 e. The van der Waals surface area contributed by atoms with Crippen molar-refractivity contribution in [2.24, 2.45) is 69.5 Å². The molecule has 37 nitrogen and oxygen atoms in total. The fraction of sp³-hybridized carbons (Fsp3) is 0.704. The highest BCUT2D eigenvalue weighted by atomic mass is 16.3. The van der Waals surface area contributed by atoms with Gasteiger partial charge in [0.25, 0.3) is 0 Å². The van der Waals surface area contributed by atoms with Crippen LogP contribution >= 0.6 is 0 Å². The number of nitrogens with two attached hydrogens (primary N) is 8. The van der Waals surface area contributed by atoms with Crippen LogP contribution in [0, 0.1) is 34.5 Å². The van der Waals surface area contributed by atoms with Gasteiger partial charge in [0.2, 0.25) is 76.8 Å². The number of benzene rings is 1. The Kier molecular flexibility index (Phi) is 45.5. The first-order valence-electron chi connectivity index (χ1n) is 37.4. The van der Waals surface area contributed by atoms with Crippen LogP contribution < -0.4 is 115 Å². The van der Waals surface area contributed by atoms with Crippen LogP contribution in [0.2, 0.25) is 0 Å². The summed E-state index contributed by atoms with van der Waals surface area (Å²) in [5.74, 6) is -12.5. The zero-order valence-corrected chi connectivity index (χ0v) is 64.8. The van der Waals surface area contributed by atoms with Crippen LogP contribution in [0.25, 0.3) is 0 Å². The lowest BCUT2D eigenvalue weighted by Gasteiger charge is -2.32. The minimum absolute atomic E-state index is 0.0151. The topological polar surface area (TPSA) is 654 Å². The van der Waals surface area contributed by atoms with Gasteiger partial charge in [-0.15, -0.1) is 0 Å². The van der Waals surface area contributed by atoms with Gasteiger partial charge in [-0.3, -0.25) is 73.1 Å². The number of carbonyl (C=O) groups is 13. The van der Waals surface area contributed by atoms with Gasteiger partial charge in [0.15, 0.2) is 11.9 Å². The van der Waals surface area contributed by atoms with E-state index in [1.807, 2.05) is 27.7 Å². The van der Waals surface area contributed by atoms with E-state index >= 15 is 0 Å². The Bertz CT molecular complexity index is 3080.